The molecule has 9 heteroatoms. The second-order valence-corrected chi connectivity index (χ2v) is 6.71. The number of ether oxygens (including phenoxy) is 1. The average Bonchev–Trinajstić information content (AvgIpc) is 2.84. The number of aromatic nitrogens is 2. The number of aliphatic hydroxyl groups is 1. The molecule has 1 unspecified atom stereocenters. The Morgan fingerprint density at radius 3 is 2.52 bits per heavy atom. The molecule has 3 heterocycles. The predicted molar refractivity (Wildman–Crippen MR) is 74.0 cm³/mol. The molecule has 0 saturated carbocycles. The molecule has 1 aromatic rings. The van der Waals surface area contributed by atoms with E-state index in [4.69, 9.17) is 9.15 Å². The molecule has 0 bridgehead atoms. The van der Waals surface area contributed by atoms with Crippen LogP contribution >= 0.6 is 0 Å². The SMILES string of the molecule is CC1(O)CCOC2(CCN(c3nnc(CC(F)(F)F)o3)CC2)C1. The molecule has 1 spiro atoms. The lowest BCUT2D eigenvalue weighted by molar-refractivity contribution is -0.162. The summed E-state index contributed by atoms with van der Waals surface area (Å²) in [7, 11) is 0. The minimum Gasteiger partial charge on any atom is -0.408 e. The Balaban J connectivity index is 1.61. The van der Waals surface area contributed by atoms with Gasteiger partial charge >= 0.3 is 12.2 Å². The van der Waals surface area contributed by atoms with Gasteiger partial charge in [-0.05, 0) is 26.2 Å². The lowest BCUT2D eigenvalue weighted by atomic mass is 9.78. The molecule has 2 aliphatic rings. The number of alkyl halides is 3. The first kappa shape index (κ1) is 16.5. The molecule has 1 aromatic heterocycles. The first-order valence-corrected chi connectivity index (χ1v) is 7.67. The van der Waals surface area contributed by atoms with Gasteiger partial charge in [-0.2, -0.15) is 13.2 Å². The molecular weight excluding hydrogens is 315 g/mol. The summed E-state index contributed by atoms with van der Waals surface area (Å²) in [6.07, 6.45) is -3.07. The van der Waals surface area contributed by atoms with Gasteiger partial charge in [-0.3, -0.25) is 0 Å². The Morgan fingerprint density at radius 1 is 1.22 bits per heavy atom. The Labute approximate surface area is 131 Å². The van der Waals surface area contributed by atoms with Gasteiger partial charge in [-0.1, -0.05) is 5.10 Å². The summed E-state index contributed by atoms with van der Waals surface area (Å²) in [5.41, 5.74) is -1.10. The van der Waals surface area contributed by atoms with Gasteiger partial charge in [0.05, 0.1) is 17.8 Å². The highest BCUT2D eigenvalue weighted by Gasteiger charge is 2.45. The van der Waals surface area contributed by atoms with Gasteiger partial charge in [0.1, 0.15) is 6.42 Å². The van der Waals surface area contributed by atoms with Crippen LogP contribution in [0.2, 0.25) is 0 Å². The van der Waals surface area contributed by atoms with E-state index in [9.17, 15) is 18.3 Å². The van der Waals surface area contributed by atoms with Crippen molar-refractivity contribution >= 4 is 6.01 Å². The second kappa shape index (κ2) is 5.62. The van der Waals surface area contributed by atoms with E-state index in [-0.39, 0.29) is 11.6 Å². The fourth-order valence-electron chi connectivity index (χ4n) is 3.36. The van der Waals surface area contributed by atoms with Crippen LogP contribution in [0.25, 0.3) is 0 Å². The maximum atomic E-state index is 12.3. The van der Waals surface area contributed by atoms with Crippen molar-refractivity contribution < 1.29 is 27.4 Å². The molecule has 3 rings (SSSR count). The molecule has 1 N–H and O–H groups in total. The van der Waals surface area contributed by atoms with Gasteiger partial charge in [-0.15, -0.1) is 5.10 Å². The molecule has 2 saturated heterocycles. The van der Waals surface area contributed by atoms with Crippen LogP contribution in [0.3, 0.4) is 0 Å². The maximum Gasteiger partial charge on any atom is 0.397 e. The van der Waals surface area contributed by atoms with Gasteiger partial charge in [-0.25, -0.2) is 0 Å². The monoisotopic (exact) mass is 335 g/mol. The highest BCUT2D eigenvalue weighted by molar-refractivity contribution is 5.26. The van der Waals surface area contributed by atoms with Crippen molar-refractivity contribution in [3.05, 3.63) is 5.89 Å². The summed E-state index contributed by atoms with van der Waals surface area (Å²) in [4.78, 5) is 1.77. The Bertz CT molecular complexity index is 551. The van der Waals surface area contributed by atoms with Crippen molar-refractivity contribution in [3.63, 3.8) is 0 Å². The van der Waals surface area contributed by atoms with Crippen molar-refractivity contribution in [2.45, 2.75) is 56.4 Å². The number of anilines is 1. The number of hydrogen-bond acceptors (Lipinski definition) is 6. The van der Waals surface area contributed by atoms with Crippen LogP contribution in [-0.4, -0.2) is 52.4 Å². The molecule has 2 aliphatic heterocycles. The van der Waals surface area contributed by atoms with Gasteiger partial charge in [0.25, 0.3) is 0 Å². The number of halogens is 3. The summed E-state index contributed by atoms with van der Waals surface area (Å²) in [5, 5.41) is 17.4. The van der Waals surface area contributed by atoms with Crippen LogP contribution in [0, 0.1) is 0 Å². The molecule has 1 atom stereocenters. The molecule has 0 radical (unpaired) electrons. The predicted octanol–water partition coefficient (Wildman–Crippen LogP) is 2.07. The van der Waals surface area contributed by atoms with Crippen molar-refractivity contribution in [1.29, 1.82) is 0 Å². The van der Waals surface area contributed by atoms with Crippen molar-refractivity contribution in [3.8, 4) is 0 Å². The van der Waals surface area contributed by atoms with Crippen LogP contribution in [0.1, 0.15) is 38.5 Å². The van der Waals surface area contributed by atoms with E-state index in [1.54, 1.807) is 4.90 Å². The first-order valence-electron chi connectivity index (χ1n) is 7.67. The number of rotatable bonds is 2. The molecule has 6 nitrogen and oxygen atoms in total. The smallest absolute Gasteiger partial charge is 0.397 e. The van der Waals surface area contributed by atoms with E-state index in [2.05, 4.69) is 10.2 Å². The molecular formula is C14H20F3N3O3. The Hall–Kier alpha value is -1.35. The minimum absolute atomic E-state index is 0.113. The summed E-state index contributed by atoms with van der Waals surface area (Å²) in [6.45, 7) is 3.42. The zero-order valence-corrected chi connectivity index (χ0v) is 12.9. The van der Waals surface area contributed by atoms with Crippen LogP contribution in [0.5, 0.6) is 0 Å². The summed E-state index contributed by atoms with van der Waals surface area (Å²) >= 11 is 0. The second-order valence-electron chi connectivity index (χ2n) is 6.71. The van der Waals surface area contributed by atoms with Crippen LogP contribution in [-0.2, 0) is 11.2 Å². The van der Waals surface area contributed by atoms with Crippen LogP contribution < -0.4 is 4.90 Å². The largest absolute Gasteiger partial charge is 0.408 e. The van der Waals surface area contributed by atoms with E-state index in [1.165, 1.54) is 0 Å². The number of nitrogens with zero attached hydrogens (tertiary/aromatic N) is 3. The van der Waals surface area contributed by atoms with Crippen molar-refractivity contribution in [2.75, 3.05) is 24.6 Å². The fourth-order valence-corrected chi connectivity index (χ4v) is 3.36. The van der Waals surface area contributed by atoms with Gasteiger partial charge < -0.3 is 19.2 Å². The van der Waals surface area contributed by atoms with E-state index in [0.717, 1.165) is 0 Å². The van der Waals surface area contributed by atoms with Crippen molar-refractivity contribution in [1.82, 2.24) is 10.2 Å². The highest BCUT2D eigenvalue weighted by Crippen LogP contribution is 2.40. The highest BCUT2D eigenvalue weighted by atomic mass is 19.4. The molecule has 2 fully saturated rings. The number of hydrogen-bond donors (Lipinski definition) is 1. The van der Waals surface area contributed by atoms with Gasteiger partial charge in [0.15, 0.2) is 0 Å². The topological polar surface area (TPSA) is 71.6 Å². The normalized spacial score (nSPS) is 28.3. The molecule has 0 aliphatic carbocycles. The van der Waals surface area contributed by atoms with Crippen LogP contribution in [0.15, 0.2) is 4.42 Å². The zero-order chi connectivity index (χ0) is 16.7. The summed E-state index contributed by atoms with van der Waals surface area (Å²) in [5.74, 6) is -0.426. The van der Waals surface area contributed by atoms with E-state index < -0.39 is 24.1 Å². The summed E-state index contributed by atoms with van der Waals surface area (Å²) in [6, 6.07) is 0.113. The molecule has 23 heavy (non-hydrogen) atoms. The van der Waals surface area contributed by atoms with E-state index in [0.29, 0.717) is 45.4 Å². The first-order chi connectivity index (χ1) is 10.7. The third-order valence-corrected chi connectivity index (χ3v) is 4.50. The zero-order valence-electron chi connectivity index (χ0n) is 12.9. The average molecular weight is 335 g/mol. The number of piperidine rings is 1. The maximum absolute atomic E-state index is 12.3. The minimum atomic E-state index is -4.36. The molecule has 0 aromatic carbocycles. The third-order valence-electron chi connectivity index (χ3n) is 4.50. The lowest BCUT2D eigenvalue weighted by Crippen LogP contribution is -2.53. The Morgan fingerprint density at radius 2 is 1.91 bits per heavy atom. The van der Waals surface area contributed by atoms with E-state index in [1.807, 2.05) is 6.92 Å². The van der Waals surface area contributed by atoms with Crippen LogP contribution in [0.4, 0.5) is 19.2 Å². The van der Waals surface area contributed by atoms with Gasteiger partial charge in [0, 0.05) is 19.5 Å². The third kappa shape index (κ3) is 3.95. The van der Waals surface area contributed by atoms with E-state index >= 15 is 0 Å². The summed E-state index contributed by atoms with van der Waals surface area (Å²) < 4.78 is 48.0. The lowest BCUT2D eigenvalue weighted by Gasteiger charge is -2.47. The molecule has 0 amide bonds. The van der Waals surface area contributed by atoms with Crippen molar-refractivity contribution in [2.24, 2.45) is 0 Å². The van der Waals surface area contributed by atoms with Gasteiger partial charge in [0.2, 0.25) is 5.89 Å². The molecule has 130 valence electrons. The fraction of sp³-hybridized carbons (Fsp3) is 0.857. The Kier molecular flexibility index (Phi) is 4.04. The standard InChI is InChI=1S/C14H20F3N3O3/c1-12(21)4-7-22-13(9-12)2-5-20(6-3-13)11-19-18-10(23-11)8-14(15,16)17/h21H,2-9H2,1H3. The quantitative estimate of drug-likeness (QED) is 0.892.